The molecule has 1 atom stereocenters. The number of nitrogens with one attached hydrogen (secondary N) is 1. The van der Waals surface area contributed by atoms with Crippen LogP contribution in [0.1, 0.15) is 42.4 Å². The fourth-order valence-corrected chi connectivity index (χ4v) is 3.82. The molecule has 0 bridgehead atoms. The van der Waals surface area contributed by atoms with Gasteiger partial charge in [0, 0.05) is 25.5 Å². The predicted octanol–water partition coefficient (Wildman–Crippen LogP) is 2.85. The van der Waals surface area contributed by atoms with Gasteiger partial charge in [-0.3, -0.25) is 9.20 Å². The van der Waals surface area contributed by atoms with Gasteiger partial charge in [0.15, 0.2) is 0 Å². The molecule has 0 aromatic carbocycles. The summed E-state index contributed by atoms with van der Waals surface area (Å²) in [5, 5.41) is 3.80. The van der Waals surface area contributed by atoms with Crippen molar-refractivity contribution < 1.29 is 9.53 Å². The first kappa shape index (κ1) is 15.0. The molecule has 1 unspecified atom stereocenters. The maximum atomic E-state index is 12.8. The summed E-state index contributed by atoms with van der Waals surface area (Å²) < 4.78 is 7.24. The lowest BCUT2D eigenvalue weighted by Gasteiger charge is -2.22. The number of imidazole rings is 1. The Balaban J connectivity index is 1.61. The van der Waals surface area contributed by atoms with Gasteiger partial charge in [0.05, 0.1) is 10.7 Å². The fraction of sp³-hybridized carbons (Fsp3) is 0.529. The van der Waals surface area contributed by atoms with Gasteiger partial charge in [-0.25, -0.2) is 4.98 Å². The largest absolute Gasteiger partial charge is 0.381 e. The number of carbonyl (C=O) groups is 1. The lowest BCUT2D eigenvalue weighted by atomic mass is 9.96. The van der Waals surface area contributed by atoms with Crippen molar-refractivity contribution in [2.24, 2.45) is 5.41 Å². The summed E-state index contributed by atoms with van der Waals surface area (Å²) in [5.41, 5.74) is 2.44. The molecule has 6 heteroatoms. The quantitative estimate of drug-likeness (QED) is 0.939. The smallest absolute Gasteiger partial charge is 0.270 e. The van der Waals surface area contributed by atoms with E-state index < -0.39 is 0 Å². The second kappa shape index (κ2) is 5.49. The van der Waals surface area contributed by atoms with Gasteiger partial charge in [-0.15, -0.1) is 0 Å². The van der Waals surface area contributed by atoms with Crippen molar-refractivity contribution in [1.82, 2.24) is 14.7 Å². The molecule has 1 aliphatic heterocycles. The molecule has 1 amide bonds. The summed E-state index contributed by atoms with van der Waals surface area (Å²) in [6.45, 7) is 3.62. The topological polar surface area (TPSA) is 55.6 Å². The van der Waals surface area contributed by atoms with Crippen molar-refractivity contribution in [1.29, 1.82) is 0 Å². The lowest BCUT2D eigenvalue weighted by molar-refractivity contribution is 0.0534. The van der Waals surface area contributed by atoms with Crippen LogP contribution in [0.4, 0.5) is 0 Å². The molecule has 4 rings (SSSR count). The molecule has 3 heterocycles. The molecule has 2 fully saturated rings. The minimum atomic E-state index is -0.0509. The molecular formula is C17H20ClN3O2. The minimum absolute atomic E-state index is 0.0509. The summed E-state index contributed by atoms with van der Waals surface area (Å²) >= 11 is 6.09. The van der Waals surface area contributed by atoms with Crippen LogP contribution in [0.3, 0.4) is 0 Å². The summed E-state index contributed by atoms with van der Waals surface area (Å²) in [6.07, 6.45) is 5.61. The molecule has 122 valence electrons. The van der Waals surface area contributed by atoms with Crippen LogP contribution in [-0.4, -0.2) is 34.5 Å². The van der Waals surface area contributed by atoms with Gasteiger partial charge in [0.1, 0.15) is 11.3 Å². The Morgan fingerprint density at radius 3 is 3.00 bits per heavy atom. The molecule has 23 heavy (non-hydrogen) atoms. The van der Waals surface area contributed by atoms with Crippen LogP contribution in [-0.2, 0) is 11.2 Å². The number of nitrogens with zero attached hydrogens (tertiary/aromatic N) is 2. The van der Waals surface area contributed by atoms with Gasteiger partial charge >= 0.3 is 0 Å². The van der Waals surface area contributed by atoms with Crippen molar-refractivity contribution >= 4 is 23.2 Å². The van der Waals surface area contributed by atoms with E-state index in [2.05, 4.69) is 10.3 Å². The summed E-state index contributed by atoms with van der Waals surface area (Å²) in [6, 6.07) is 3.89. The van der Waals surface area contributed by atoms with E-state index >= 15 is 0 Å². The second-order valence-electron chi connectivity index (χ2n) is 6.54. The highest BCUT2D eigenvalue weighted by Crippen LogP contribution is 2.53. The highest BCUT2D eigenvalue weighted by Gasteiger charge is 2.55. The number of amides is 1. The van der Waals surface area contributed by atoms with Crippen molar-refractivity contribution in [3.63, 3.8) is 0 Å². The van der Waals surface area contributed by atoms with E-state index in [-0.39, 0.29) is 17.4 Å². The van der Waals surface area contributed by atoms with Crippen LogP contribution in [0.2, 0.25) is 5.02 Å². The van der Waals surface area contributed by atoms with Crippen molar-refractivity contribution in [2.75, 3.05) is 13.2 Å². The molecule has 5 nitrogen and oxygen atoms in total. The van der Waals surface area contributed by atoms with E-state index in [0.717, 1.165) is 43.8 Å². The number of hydrogen-bond acceptors (Lipinski definition) is 3. The maximum absolute atomic E-state index is 12.8. The monoisotopic (exact) mass is 333 g/mol. The van der Waals surface area contributed by atoms with E-state index in [0.29, 0.717) is 17.1 Å². The van der Waals surface area contributed by atoms with Crippen LogP contribution in [0.15, 0.2) is 18.3 Å². The van der Waals surface area contributed by atoms with Crippen molar-refractivity contribution in [3.8, 4) is 0 Å². The number of carbonyl (C=O) groups excluding carboxylic acids is 1. The maximum Gasteiger partial charge on any atom is 0.270 e. The number of hydrogen-bond donors (Lipinski definition) is 1. The number of aryl methyl sites for hydroxylation is 1. The van der Waals surface area contributed by atoms with E-state index in [9.17, 15) is 4.79 Å². The molecule has 1 N–H and O–H groups in total. The first-order chi connectivity index (χ1) is 11.1. The number of fused-ring (bicyclic) bond motifs is 1. The first-order valence-electron chi connectivity index (χ1n) is 8.18. The summed E-state index contributed by atoms with van der Waals surface area (Å²) in [5.74, 6) is -0.0509. The van der Waals surface area contributed by atoms with Gasteiger partial charge in [-0.1, -0.05) is 18.5 Å². The Bertz CT molecular complexity index is 765. The second-order valence-corrected chi connectivity index (χ2v) is 6.98. The van der Waals surface area contributed by atoms with Gasteiger partial charge in [-0.05, 0) is 43.2 Å². The van der Waals surface area contributed by atoms with E-state index in [1.54, 1.807) is 16.7 Å². The third-order valence-corrected chi connectivity index (χ3v) is 5.41. The standard InChI is InChI=1S/C17H20ClN3O2/c1-2-12-15(21-10-11(18)3-4-14(21)19-12)16(22)20-13-9-17(13)5-7-23-8-6-17/h3-4,10,13H,2,5-9H2,1H3,(H,20,22). The van der Waals surface area contributed by atoms with Crippen LogP contribution in [0, 0.1) is 5.41 Å². The highest BCUT2D eigenvalue weighted by molar-refractivity contribution is 6.30. The van der Waals surface area contributed by atoms with Crippen LogP contribution >= 0.6 is 11.6 Å². The number of aromatic nitrogens is 2. The Hall–Kier alpha value is -1.59. The van der Waals surface area contributed by atoms with Gasteiger partial charge < -0.3 is 10.1 Å². The SMILES string of the molecule is CCc1nc2ccc(Cl)cn2c1C(=O)NC1CC12CCOCC2. The van der Waals surface area contributed by atoms with Crippen LogP contribution < -0.4 is 5.32 Å². The fourth-order valence-electron chi connectivity index (χ4n) is 3.66. The van der Waals surface area contributed by atoms with Gasteiger partial charge in [0.2, 0.25) is 0 Å². The Kier molecular flexibility index (Phi) is 3.58. The van der Waals surface area contributed by atoms with Crippen LogP contribution in [0.25, 0.3) is 5.65 Å². The molecular weight excluding hydrogens is 314 g/mol. The van der Waals surface area contributed by atoms with Gasteiger partial charge in [0.25, 0.3) is 5.91 Å². The Labute approximate surface area is 140 Å². The average Bonchev–Trinajstić information content (AvgIpc) is 3.05. The molecule has 1 aliphatic carbocycles. The summed E-state index contributed by atoms with van der Waals surface area (Å²) in [7, 11) is 0. The number of rotatable bonds is 3. The zero-order chi connectivity index (χ0) is 16.0. The Morgan fingerprint density at radius 2 is 2.26 bits per heavy atom. The molecule has 2 aromatic heterocycles. The zero-order valence-electron chi connectivity index (χ0n) is 13.1. The van der Waals surface area contributed by atoms with E-state index in [1.165, 1.54) is 0 Å². The van der Waals surface area contributed by atoms with Gasteiger partial charge in [-0.2, -0.15) is 0 Å². The zero-order valence-corrected chi connectivity index (χ0v) is 13.9. The number of ether oxygens (including phenoxy) is 1. The lowest BCUT2D eigenvalue weighted by Crippen LogP contribution is -2.33. The molecule has 1 spiro atoms. The molecule has 2 aliphatic rings. The minimum Gasteiger partial charge on any atom is -0.381 e. The first-order valence-corrected chi connectivity index (χ1v) is 8.56. The third kappa shape index (κ3) is 2.52. The molecule has 2 aromatic rings. The van der Waals surface area contributed by atoms with Crippen molar-refractivity contribution in [2.45, 2.75) is 38.6 Å². The Morgan fingerprint density at radius 1 is 1.48 bits per heavy atom. The normalized spacial score (nSPS) is 22.4. The summed E-state index contributed by atoms with van der Waals surface area (Å²) in [4.78, 5) is 17.4. The van der Waals surface area contributed by atoms with E-state index in [4.69, 9.17) is 16.3 Å². The number of pyridine rings is 1. The molecule has 1 saturated carbocycles. The third-order valence-electron chi connectivity index (χ3n) is 5.19. The number of halogens is 1. The molecule has 1 saturated heterocycles. The van der Waals surface area contributed by atoms with Crippen LogP contribution in [0.5, 0.6) is 0 Å². The van der Waals surface area contributed by atoms with Crippen molar-refractivity contribution in [3.05, 3.63) is 34.7 Å². The van der Waals surface area contributed by atoms with E-state index in [1.807, 2.05) is 13.0 Å². The average molecular weight is 334 g/mol. The molecule has 0 radical (unpaired) electrons. The predicted molar refractivity (Wildman–Crippen MR) is 87.9 cm³/mol. The highest BCUT2D eigenvalue weighted by atomic mass is 35.5.